The molecule has 0 spiro atoms. The zero-order valence-corrected chi connectivity index (χ0v) is 13.5. The number of rotatable bonds is 3. The molecule has 0 aliphatic heterocycles. The summed E-state index contributed by atoms with van der Waals surface area (Å²) in [6, 6.07) is 14.2. The molecule has 0 aromatic heterocycles. The van der Waals surface area contributed by atoms with Crippen LogP contribution in [0.4, 0.5) is 0 Å². The predicted octanol–water partition coefficient (Wildman–Crippen LogP) is 3.54. The Labute approximate surface area is 140 Å². The summed E-state index contributed by atoms with van der Waals surface area (Å²) in [5.41, 5.74) is 2.49. The molecular weight excluding hydrogens is 302 g/mol. The topological polar surface area (TPSA) is 66.7 Å². The fourth-order valence-corrected chi connectivity index (χ4v) is 2.82. The minimum absolute atomic E-state index is 0.0237. The Hall–Kier alpha value is -3.01. The molecular formula is C20H17NO3. The summed E-state index contributed by atoms with van der Waals surface area (Å²) in [7, 11) is 0. The van der Waals surface area contributed by atoms with Crippen LogP contribution in [0.15, 0.2) is 59.1 Å². The Morgan fingerprint density at radius 2 is 1.71 bits per heavy atom. The number of allylic oxidation sites excluding steroid dienone is 1. The van der Waals surface area contributed by atoms with Crippen LogP contribution >= 0.6 is 0 Å². The van der Waals surface area contributed by atoms with Gasteiger partial charge in [-0.15, -0.1) is 0 Å². The van der Waals surface area contributed by atoms with Crippen LogP contribution in [0.3, 0.4) is 0 Å². The van der Waals surface area contributed by atoms with Gasteiger partial charge in [-0.3, -0.25) is 14.6 Å². The number of hydrogen-bond donors (Lipinski definition) is 1. The molecule has 4 nitrogen and oxygen atoms in total. The van der Waals surface area contributed by atoms with Crippen molar-refractivity contribution >= 4 is 23.0 Å². The van der Waals surface area contributed by atoms with Gasteiger partial charge in [0.2, 0.25) is 11.6 Å². The molecule has 0 saturated carbocycles. The van der Waals surface area contributed by atoms with E-state index >= 15 is 0 Å². The Kier molecular flexibility index (Phi) is 4.13. The van der Waals surface area contributed by atoms with Crippen LogP contribution in [0.5, 0.6) is 0 Å². The SMILES string of the molecule is CCN=C(C1=C(O)c2ccc(C)cc2C(=O)C1=O)c1ccccc1. The minimum atomic E-state index is -0.721. The second kappa shape index (κ2) is 6.24. The van der Waals surface area contributed by atoms with E-state index in [2.05, 4.69) is 4.99 Å². The number of carbonyl (C=O) groups is 2. The van der Waals surface area contributed by atoms with Crippen LogP contribution in [0.1, 0.15) is 34.0 Å². The Bertz CT molecular complexity index is 892. The number of carbonyl (C=O) groups excluding carboxylic acids is 2. The number of Topliss-reactive ketones (excluding diaryl/α,β-unsaturated/α-hetero) is 2. The van der Waals surface area contributed by atoms with Crippen LogP contribution in [0.2, 0.25) is 0 Å². The number of aliphatic imine (C=N–C) groups is 1. The third-order valence-corrected chi connectivity index (χ3v) is 3.95. The Balaban J connectivity index is 2.27. The molecule has 0 heterocycles. The number of nitrogens with zero attached hydrogens (tertiary/aromatic N) is 1. The van der Waals surface area contributed by atoms with E-state index in [4.69, 9.17) is 0 Å². The monoisotopic (exact) mass is 319 g/mol. The van der Waals surface area contributed by atoms with Gasteiger partial charge in [0, 0.05) is 23.2 Å². The molecule has 0 radical (unpaired) electrons. The summed E-state index contributed by atoms with van der Waals surface area (Å²) in [4.78, 5) is 29.5. The maximum absolute atomic E-state index is 12.7. The van der Waals surface area contributed by atoms with E-state index in [0.717, 1.165) is 5.56 Å². The van der Waals surface area contributed by atoms with E-state index in [9.17, 15) is 14.7 Å². The first-order chi connectivity index (χ1) is 11.5. The summed E-state index contributed by atoms with van der Waals surface area (Å²) in [6.07, 6.45) is 0. The fourth-order valence-electron chi connectivity index (χ4n) is 2.82. The predicted molar refractivity (Wildman–Crippen MR) is 93.6 cm³/mol. The van der Waals surface area contributed by atoms with Crippen molar-refractivity contribution in [2.75, 3.05) is 6.54 Å². The number of aryl methyl sites for hydroxylation is 1. The van der Waals surface area contributed by atoms with Gasteiger partial charge in [-0.1, -0.05) is 48.0 Å². The lowest BCUT2D eigenvalue weighted by molar-refractivity contribution is -0.111. The second-order valence-electron chi connectivity index (χ2n) is 5.62. The molecule has 120 valence electrons. The highest BCUT2D eigenvalue weighted by molar-refractivity contribution is 6.59. The van der Waals surface area contributed by atoms with Crippen LogP contribution in [-0.2, 0) is 4.79 Å². The van der Waals surface area contributed by atoms with Crippen LogP contribution in [0.25, 0.3) is 5.76 Å². The normalized spacial score (nSPS) is 14.8. The molecule has 0 saturated heterocycles. The van der Waals surface area contributed by atoms with Crippen molar-refractivity contribution in [3.05, 3.63) is 76.4 Å². The van der Waals surface area contributed by atoms with E-state index in [-0.39, 0.29) is 16.9 Å². The number of ketones is 2. The molecule has 2 aromatic carbocycles. The average molecular weight is 319 g/mol. The Morgan fingerprint density at radius 1 is 1.00 bits per heavy atom. The summed E-state index contributed by atoms with van der Waals surface area (Å²) in [6.45, 7) is 4.11. The number of benzene rings is 2. The molecule has 0 bridgehead atoms. The van der Waals surface area contributed by atoms with Crippen molar-refractivity contribution in [1.82, 2.24) is 0 Å². The van der Waals surface area contributed by atoms with Gasteiger partial charge in [0.15, 0.2) is 0 Å². The van der Waals surface area contributed by atoms with E-state index in [1.54, 1.807) is 30.3 Å². The summed E-state index contributed by atoms with van der Waals surface area (Å²) >= 11 is 0. The first kappa shape index (κ1) is 15.9. The molecule has 1 N–H and O–H groups in total. The molecule has 0 atom stereocenters. The second-order valence-corrected chi connectivity index (χ2v) is 5.62. The zero-order valence-electron chi connectivity index (χ0n) is 13.5. The molecule has 0 amide bonds. The van der Waals surface area contributed by atoms with E-state index < -0.39 is 11.6 Å². The molecule has 0 unspecified atom stereocenters. The molecule has 1 aliphatic rings. The maximum Gasteiger partial charge on any atom is 0.239 e. The minimum Gasteiger partial charge on any atom is -0.506 e. The third-order valence-electron chi connectivity index (χ3n) is 3.95. The largest absolute Gasteiger partial charge is 0.506 e. The van der Waals surface area contributed by atoms with Crippen molar-refractivity contribution in [1.29, 1.82) is 0 Å². The Morgan fingerprint density at radius 3 is 2.38 bits per heavy atom. The molecule has 24 heavy (non-hydrogen) atoms. The van der Waals surface area contributed by atoms with Crippen LogP contribution in [0, 0.1) is 6.92 Å². The maximum atomic E-state index is 12.7. The first-order valence-electron chi connectivity index (χ1n) is 7.78. The number of aliphatic hydroxyl groups is 1. The van der Waals surface area contributed by atoms with Gasteiger partial charge in [-0.05, 0) is 19.9 Å². The van der Waals surface area contributed by atoms with Gasteiger partial charge in [-0.25, -0.2) is 0 Å². The van der Waals surface area contributed by atoms with Crippen molar-refractivity contribution in [2.24, 2.45) is 4.99 Å². The number of fused-ring (bicyclic) bond motifs is 1. The number of hydrogen-bond acceptors (Lipinski definition) is 4. The smallest absolute Gasteiger partial charge is 0.239 e. The molecule has 4 heteroatoms. The van der Waals surface area contributed by atoms with Crippen molar-refractivity contribution in [2.45, 2.75) is 13.8 Å². The molecule has 1 aliphatic carbocycles. The lowest BCUT2D eigenvalue weighted by atomic mass is 9.84. The van der Waals surface area contributed by atoms with Crippen molar-refractivity contribution in [3.63, 3.8) is 0 Å². The quantitative estimate of drug-likeness (QED) is 0.695. The van der Waals surface area contributed by atoms with Gasteiger partial charge >= 0.3 is 0 Å². The number of aliphatic hydroxyl groups excluding tert-OH is 1. The summed E-state index contributed by atoms with van der Waals surface area (Å²) in [5, 5.41) is 10.7. The lowest BCUT2D eigenvalue weighted by Gasteiger charge is -2.19. The first-order valence-corrected chi connectivity index (χ1v) is 7.78. The van der Waals surface area contributed by atoms with Gasteiger partial charge in [0.25, 0.3) is 0 Å². The highest BCUT2D eigenvalue weighted by Gasteiger charge is 2.35. The highest BCUT2D eigenvalue weighted by Crippen LogP contribution is 2.30. The third kappa shape index (κ3) is 2.56. The van der Waals surface area contributed by atoms with Gasteiger partial charge in [0.05, 0.1) is 11.3 Å². The summed E-state index contributed by atoms with van der Waals surface area (Å²) in [5.74, 6) is -1.52. The average Bonchev–Trinajstić information content (AvgIpc) is 2.60. The van der Waals surface area contributed by atoms with E-state index in [1.807, 2.05) is 32.0 Å². The van der Waals surface area contributed by atoms with Crippen LogP contribution in [-0.4, -0.2) is 28.9 Å². The van der Waals surface area contributed by atoms with Crippen LogP contribution < -0.4 is 0 Å². The van der Waals surface area contributed by atoms with Gasteiger partial charge in [-0.2, -0.15) is 0 Å². The molecule has 3 rings (SSSR count). The standard InChI is InChI=1S/C20H17NO3/c1-3-21-17(13-7-5-4-6-8-13)16-18(22)14-10-9-12(2)11-15(14)19(23)20(16)24/h4-11,22H,3H2,1-2H3. The lowest BCUT2D eigenvalue weighted by Crippen LogP contribution is -2.29. The van der Waals surface area contributed by atoms with Crippen molar-refractivity contribution in [3.8, 4) is 0 Å². The van der Waals surface area contributed by atoms with Gasteiger partial charge < -0.3 is 5.11 Å². The van der Waals surface area contributed by atoms with E-state index in [1.165, 1.54) is 0 Å². The van der Waals surface area contributed by atoms with Gasteiger partial charge in [0.1, 0.15) is 5.76 Å². The fraction of sp³-hybridized carbons (Fsp3) is 0.150. The molecule has 0 fully saturated rings. The van der Waals surface area contributed by atoms with E-state index in [0.29, 0.717) is 23.4 Å². The zero-order chi connectivity index (χ0) is 17.3. The van der Waals surface area contributed by atoms with Crippen molar-refractivity contribution < 1.29 is 14.7 Å². The molecule has 2 aromatic rings. The summed E-state index contributed by atoms with van der Waals surface area (Å²) < 4.78 is 0. The highest BCUT2D eigenvalue weighted by atomic mass is 16.3.